The highest BCUT2D eigenvalue weighted by Gasteiger charge is 2.11. The van der Waals surface area contributed by atoms with Gasteiger partial charge in [0.05, 0.1) is 0 Å². The van der Waals surface area contributed by atoms with Crippen molar-refractivity contribution in [2.75, 3.05) is 19.7 Å². The van der Waals surface area contributed by atoms with Crippen LogP contribution < -0.4 is 0 Å². The molecule has 0 radical (unpaired) electrons. The van der Waals surface area contributed by atoms with Crippen molar-refractivity contribution in [3.8, 4) is 0 Å². The molecule has 2 nitrogen and oxygen atoms in total. The lowest BCUT2D eigenvalue weighted by atomic mass is 10.1. The van der Waals surface area contributed by atoms with Gasteiger partial charge in [0.15, 0.2) is 0 Å². The molecule has 15 heavy (non-hydrogen) atoms. The van der Waals surface area contributed by atoms with Gasteiger partial charge in [0.1, 0.15) is 0 Å². The van der Waals surface area contributed by atoms with E-state index in [9.17, 15) is 0 Å². The number of benzene rings is 1. The van der Waals surface area contributed by atoms with Crippen LogP contribution in [0.5, 0.6) is 0 Å². The lowest BCUT2D eigenvalue weighted by Crippen LogP contribution is -2.18. The first-order valence-corrected chi connectivity index (χ1v) is 5.79. The van der Waals surface area contributed by atoms with Crippen LogP contribution >= 0.6 is 0 Å². The van der Waals surface area contributed by atoms with E-state index in [0.29, 0.717) is 0 Å². The maximum absolute atomic E-state index is 8.81. The third-order valence-electron chi connectivity index (χ3n) is 3.03. The highest BCUT2D eigenvalue weighted by atomic mass is 16.2. The number of hydrogen-bond acceptors (Lipinski definition) is 2. The van der Waals surface area contributed by atoms with Gasteiger partial charge in [-0.2, -0.15) is 0 Å². The van der Waals surface area contributed by atoms with Crippen LogP contribution in [0.15, 0.2) is 24.3 Å². The zero-order chi connectivity index (χ0) is 10.5. The molecule has 1 N–H and O–H groups in total. The topological polar surface area (TPSA) is 23.5 Å². The van der Waals surface area contributed by atoms with Gasteiger partial charge in [-0.1, -0.05) is 24.3 Å². The van der Waals surface area contributed by atoms with Crippen LogP contribution in [0.3, 0.4) is 0 Å². The van der Waals surface area contributed by atoms with Crippen LogP contribution in [0.4, 0.5) is 0 Å². The summed E-state index contributed by atoms with van der Waals surface area (Å²) in [5.74, 6) is 0. The van der Waals surface area contributed by atoms with Crippen molar-refractivity contribution in [2.24, 2.45) is 0 Å². The fourth-order valence-electron chi connectivity index (χ4n) is 2.14. The third-order valence-corrected chi connectivity index (χ3v) is 3.03. The largest absolute Gasteiger partial charge is 0.396 e. The predicted molar refractivity (Wildman–Crippen MR) is 61.7 cm³/mol. The van der Waals surface area contributed by atoms with E-state index in [1.165, 1.54) is 37.1 Å². The molecule has 1 aromatic carbocycles. The molecule has 0 aliphatic carbocycles. The summed E-state index contributed by atoms with van der Waals surface area (Å²) in [7, 11) is 0. The van der Waals surface area contributed by atoms with Crippen molar-refractivity contribution in [1.82, 2.24) is 4.90 Å². The highest BCUT2D eigenvalue weighted by molar-refractivity contribution is 5.22. The SMILES string of the molecule is OCCc1ccc(CN2CCCC2)cc1. The van der Waals surface area contributed by atoms with Crippen molar-refractivity contribution in [3.05, 3.63) is 35.4 Å². The Balaban J connectivity index is 1.91. The number of aliphatic hydroxyl groups excluding tert-OH is 1. The molecule has 1 aliphatic heterocycles. The second-order valence-electron chi connectivity index (χ2n) is 4.27. The first kappa shape index (κ1) is 10.7. The number of rotatable bonds is 4. The van der Waals surface area contributed by atoms with E-state index >= 15 is 0 Å². The first-order chi connectivity index (χ1) is 7.38. The molecule has 0 unspecified atom stereocenters. The van der Waals surface area contributed by atoms with E-state index in [1.807, 2.05) is 0 Å². The summed E-state index contributed by atoms with van der Waals surface area (Å²) < 4.78 is 0. The molecule has 0 spiro atoms. The zero-order valence-corrected chi connectivity index (χ0v) is 9.15. The molecular formula is C13H19NO. The Bertz CT molecular complexity index is 288. The summed E-state index contributed by atoms with van der Waals surface area (Å²) >= 11 is 0. The molecular weight excluding hydrogens is 186 g/mol. The Morgan fingerprint density at radius 1 is 1.00 bits per heavy atom. The van der Waals surface area contributed by atoms with Gasteiger partial charge in [0.2, 0.25) is 0 Å². The van der Waals surface area contributed by atoms with Crippen molar-refractivity contribution in [3.63, 3.8) is 0 Å². The van der Waals surface area contributed by atoms with Crippen molar-refractivity contribution < 1.29 is 5.11 Å². The molecule has 0 saturated carbocycles. The molecule has 2 heteroatoms. The summed E-state index contributed by atoms with van der Waals surface area (Å²) in [6, 6.07) is 8.62. The van der Waals surface area contributed by atoms with Gasteiger partial charge in [0, 0.05) is 13.2 Å². The maximum atomic E-state index is 8.81. The molecule has 0 aromatic heterocycles. The predicted octanol–water partition coefficient (Wildman–Crippen LogP) is 1.82. The van der Waals surface area contributed by atoms with E-state index in [1.54, 1.807) is 0 Å². The Labute approximate surface area is 91.5 Å². The Morgan fingerprint density at radius 3 is 2.20 bits per heavy atom. The van der Waals surface area contributed by atoms with E-state index in [0.717, 1.165) is 13.0 Å². The summed E-state index contributed by atoms with van der Waals surface area (Å²) in [5, 5.41) is 8.81. The van der Waals surface area contributed by atoms with E-state index in [2.05, 4.69) is 29.2 Å². The van der Waals surface area contributed by atoms with E-state index in [-0.39, 0.29) is 6.61 Å². The van der Waals surface area contributed by atoms with Crippen molar-refractivity contribution in [2.45, 2.75) is 25.8 Å². The van der Waals surface area contributed by atoms with Gasteiger partial charge >= 0.3 is 0 Å². The van der Waals surface area contributed by atoms with Gasteiger partial charge in [-0.25, -0.2) is 0 Å². The highest BCUT2D eigenvalue weighted by Crippen LogP contribution is 2.13. The maximum Gasteiger partial charge on any atom is 0.0471 e. The van der Waals surface area contributed by atoms with E-state index < -0.39 is 0 Å². The zero-order valence-electron chi connectivity index (χ0n) is 9.15. The Hall–Kier alpha value is -0.860. The van der Waals surface area contributed by atoms with Gasteiger partial charge in [-0.05, 0) is 43.5 Å². The Morgan fingerprint density at radius 2 is 1.60 bits per heavy atom. The molecule has 2 rings (SSSR count). The lowest BCUT2D eigenvalue weighted by Gasteiger charge is -2.14. The average molecular weight is 205 g/mol. The molecule has 82 valence electrons. The van der Waals surface area contributed by atoms with Gasteiger partial charge in [-0.15, -0.1) is 0 Å². The summed E-state index contributed by atoms with van der Waals surface area (Å²) in [5.41, 5.74) is 2.61. The van der Waals surface area contributed by atoms with Crippen LogP contribution in [0, 0.1) is 0 Å². The summed E-state index contributed by atoms with van der Waals surface area (Å²) in [4.78, 5) is 2.50. The minimum absolute atomic E-state index is 0.242. The van der Waals surface area contributed by atoms with Crippen LogP contribution in [0.1, 0.15) is 24.0 Å². The molecule has 1 aliphatic rings. The Kier molecular flexibility index (Phi) is 3.75. The smallest absolute Gasteiger partial charge is 0.0471 e. The van der Waals surface area contributed by atoms with Crippen LogP contribution in [-0.2, 0) is 13.0 Å². The minimum atomic E-state index is 0.242. The number of aliphatic hydroxyl groups is 1. The average Bonchev–Trinajstić information content (AvgIpc) is 2.74. The second-order valence-corrected chi connectivity index (χ2v) is 4.27. The van der Waals surface area contributed by atoms with Gasteiger partial charge in [-0.3, -0.25) is 4.90 Å². The van der Waals surface area contributed by atoms with Crippen molar-refractivity contribution >= 4 is 0 Å². The molecule has 0 amide bonds. The van der Waals surface area contributed by atoms with Crippen LogP contribution in [0.25, 0.3) is 0 Å². The molecule has 0 atom stereocenters. The fourth-order valence-corrected chi connectivity index (χ4v) is 2.14. The third kappa shape index (κ3) is 3.05. The number of nitrogens with zero attached hydrogens (tertiary/aromatic N) is 1. The number of likely N-dealkylation sites (tertiary alicyclic amines) is 1. The van der Waals surface area contributed by atoms with Gasteiger partial charge in [0.25, 0.3) is 0 Å². The molecule has 1 heterocycles. The minimum Gasteiger partial charge on any atom is -0.396 e. The monoisotopic (exact) mass is 205 g/mol. The first-order valence-electron chi connectivity index (χ1n) is 5.79. The molecule has 1 saturated heterocycles. The lowest BCUT2D eigenvalue weighted by molar-refractivity contribution is 0.299. The van der Waals surface area contributed by atoms with Crippen LogP contribution in [0.2, 0.25) is 0 Å². The molecule has 1 fully saturated rings. The summed E-state index contributed by atoms with van der Waals surface area (Å²) in [6.07, 6.45) is 3.47. The quantitative estimate of drug-likeness (QED) is 0.810. The van der Waals surface area contributed by atoms with E-state index in [4.69, 9.17) is 5.11 Å². The standard InChI is InChI=1S/C13H19NO/c15-10-7-12-3-5-13(6-4-12)11-14-8-1-2-9-14/h3-6,15H,1-2,7-11H2. The summed E-state index contributed by atoms with van der Waals surface area (Å²) in [6.45, 7) is 3.82. The van der Waals surface area contributed by atoms with Crippen molar-refractivity contribution in [1.29, 1.82) is 0 Å². The second kappa shape index (κ2) is 5.29. The molecule has 1 aromatic rings. The normalized spacial score (nSPS) is 17.1. The van der Waals surface area contributed by atoms with Gasteiger partial charge < -0.3 is 5.11 Å². The fraction of sp³-hybridized carbons (Fsp3) is 0.538. The number of hydrogen-bond donors (Lipinski definition) is 1. The van der Waals surface area contributed by atoms with Crippen LogP contribution in [-0.4, -0.2) is 29.7 Å². The molecule has 0 bridgehead atoms.